The van der Waals surface area contributed by atoms with E-state index in [1.807, 2.05) is 30.3 Å². The van der Waals surface area contributed by atoms with Crippen molar-refractivity contribution < 1.29 is 44.9 Å². The van der Waals surface area contributed by atoms with E-state index in [1.165, 1.54) is 54.5 Å². The summed E-state index contributed by atoms with van der Waals surface area (Å²) in [7, 11) is 6.08. The van der Waals surface area contributed by atoms with Gasteiger partial charge in [-0.25, -0.2) is 22.8 Å². The molecule has 0 spiro atoms. The lowest BCUT2D eigenvalue weighted by atomic mass is 9.83. The second-order valence-corrected chi connectivity index (χ2v) is 59.9. The van der Waals surface area contributed by atoms with E-state index in [-0.39, 0.29) is 10.8 Å². The van der Waals surface area contributed by atoms with Crippen LogP contribution >= 0.6 is 0 Å². The number of nitrogens with zero attached hydrogens (tertiary/aromatic N) is 15. The van der Waals surface area contributed by atoms with Crippen LogP contribution in [0, 0.1) is 94.2 Å². The highest BCUT2D eigenvalue weighted by molar-refractivity contribution is 6.90. The van der Waals surface area contributed by atoms with Crippen molar-refractivity contribution in [3.8, 4) is 56.3 Å². The summed E-state index contributed by atoms with van der Waals surface area (Å²) in [6.07, 6.45) is 12.4. The van der Waals surface area contributed by atoms with Crippen molar-refractivity contribution in [1.82, 2.24) is 24.9 Å². The molecule has 15 aromatic heterocycles. The van der Waals surface area contributed by atoms with Crippen molar-refractivity contribution in [1.29, 1.82) is 0 Å². The topological polar surface area (TPSA) is 171 Å². The molecule has 15 heterocycles. The van der Waals surface area contributed by atoms with Crippen molar-refractivity contribution in [2.45, 2.75) is 207 Å². The minimum atomic E-state index is -1.53. The van der Waals surface area contributed by atoms with Gasteiger partial charge >= 0.3 is 28.6 Å². The fourth-order valence-corrected chi connectivity index (χ4v) is 25.9. The van der Waals surface area contributed by atoms with E-state index in [9.17, 15) is 0 Å². The summed E-state index contributed by atoms with van der Waals surface area (Å²) in [6, 6.07) is 51.1. The predicted molar refractivity (Wildman–Crippen MR) is 599 cm³/mol. The van der Waals surface area contributed by atoms with Crippen molar-refractivity contribution in [2.75, 3.05) is 0 Å². The molecule has 0 saturated heterocycles. The minimum absolute atomic E-state index is 0.0421. The van der Waals surface area contributed by atoms with E-state index in [0.29, 0.717) is 69.5 Å². The molecule has 20 rings (SSSR count). The predicted octanol–water partition coefficient (Wildman–Crippen LogP) is 29.1. The zero-order chi connectivity index (χ0) is 105. The van der Waals surface area contributed by atoms with Gasteiger partial charge < -0.3 is 46.3 Å². The third kappa shape index (κ3) is 19.8. The maximum absolute atomic E-state index is 7.27. The summed E-state index contributed by atoms with van der Waals surface area (Å²) in [5.41, 5.74) is 33.2. The molecule has 0 unspecified atom stereocenters. The summed E-state index contributed by atoms with van der Waals surface area (Å²) in [6.45, 7) is 97.5. The van der Waals surface area contributed by atoms with E-state index >= 15 is 0 Å². The SMILES string of the molecule is [C-]#[N+]c1ccc2c(n1)oc1c(-c3cc(C(C)(C)C)c(C)c[n+]3C)c(C)ccc12.[C-]#[N+]c1ccc2c(n1)oc1c(-c3cc(C(C)(C)C)c([Si](C)(C)C)c[n+]3C)c(C)ccc12.[C-]#[N+]c1ccc2c(n1)oc1c(-c3cc(C(C)C)c([Si](C)(C)C)c[n+]3C)c(C)ccc12.[C-]#[N+]c1ccc2c(n1)oc1c(-c3cc(C)c([Si](C)(C)C)c[n+]3C)c(C)ccc12.[C-]#[N+]c1ccc2c(n1)oc1c(-c3cc(CC(C)C)c(C)c[n+]3C)c(C)ccc12. The van der Waals surface area contributed by atoms with E-state index in [0.717, 1.165) is 172 Å². The molecule has 23 heteroatoms. The maximum Gasteiger partial charge on any atom is 0.322 e. The van der Waals surface area contributed by atoms with Gasteiger partial charge in [-0.05, 0) is 170 Å². The van der Waals surface area contributed by atoms with Crippen LogP contribution in [0.4, 0.5) is 29.1 Å². The second kappa shape index (κ2) is 39.1. The molecular weight excluding hydrogens is 1840 g/mol. The standard InChI is InChI=1S/C26H30N3OSi.C25H28N3OSi.2C24H24N3O.C23H24N3OSi/c1-16-10-11-17-18-12-13-22(27-5)28-25(18)30-24(17)23(16)20-14-19(26(2,3)4)21(15-29(20)6)31(7,8)9;1-15(2)19-13-20(28(5)14-21(19)30(6,7)8)23-16(3)9-10-17-18-11-12-22(26-4)27-25(18)29-24(17)23;1-14-8-9-16-17-10-11-20(25-6)26-23(17)28-22(16)21(14)19-12-18(24(3,4)5)15(2)13-27(19)7;1-14(2)11-17-12-20(27(6)13-16(17)4)22-15(3)7-8-18-19-9-10-21(25-5)26-24(19)28-23(18)22;1-14-8-9-16-17-10-11-20(24-3)25-23(17)27-22(16)21(14)18-12-15(2)19(13-26(18)4)28(5,6)7/h10-15H,1-4,6-9H3;9-15H,1-3,5-8H3;8-13H,1-5,7H3;7-10,12-14H,11H2,1-4,6H3;8-13H,1-2,4-7H3/q5*+1. The van der Waals surface area contributed by atoms with Crippen LogP contribution in [0.15, 0.2) is 205 Å². The van der Waals surface area contributed by atoms with Gasteiger partial charge in [0.25, 0.3) is 29.1 Å². The normalized spacial score (nSPS) is 12.0. The lowest BCUT2D eigenvalue weighted by Gasteiger charge is -2.28. The molecule has 0 aliphatic rings. The van der Waals surface area contributed by atoms with Gasteiger partial charge in [0.15, 0.2) is 58.9 Å². The van der Waals surface area contributed by atoms with Crippen molar-refractivity contribution in [3.63, 3.8) is 0 Å². The first-order chi connectivity index (χ1) is 68.3. The lowest BCUT2D eigenvalue weighted by Crippen LogP contribution is -2.49. The smallest absolute Gasteiger partial charge is 0.322 e. The van der Waals surface area contributed by atoms with Gasteiger partial charge in [0.05, 0.1) is 79.0 Å². The molecule has 0 aliphatic carbocycles. The van der Waals surface area contributed by atoms with Crippen LogP contribution in [0.5, 0.6) is 0 Å². The highest BCUT2D eigenvalue weighted by Gasteiger charge is 2.37. The molecule has 20 aromatic rings. The van der Waals surface area contributed by atoms with E-state index < -0.39 is 24.2 Å². The van der Waals surface area contributed by atoms with Gasteiger partial charge in [-0.1, -0.05) is 277 Å². The van der Waals surface area contributed by atoms with Gasteiger partial charge in [-0.2, -0.15) is 0 Å². The zero-order valence-electron chi connectivity index (χ0n) is 89.9. The minimum Gasteiger partial charge on any atom is -0.419 e. The van der Waals surface area contributed by atoms with Gasteiger partial charge in [-0.15, -0.1) is 0 Å². The Bertz CT molecular complexity index is 8940. The summed E-state index contributed by atoms with van der Waals surface area (Å²) in [5.74, 6) is 2.80. The highest BCUT2D eigenvalue weighted by atomic mass is 28.3. The van der Waals surface area contributed by atoms with Gasteiger partial charge in [-0.3, -0.25) is 0 Å². The van der Waals surface area contributed by atoms with Crippen LogP contribution in [0.1, 0.15) is 142 Å². The monoisotopic (exact) mass is 1970 g/mol. The van der Waals surface area contributed by atoms with E-state index in [2.05, 4.69) is 413 Å². The first-order valence-electron chi connectivity index (χ1n) is 49.5. The fourth-order valence-electron chi connectivity index (χ4n) is 20.4. The molecule has 5 aromatic carbocycles. The Kier molecular flexibility index (Phi) is 27.7. The summed E-state index contributed by atoms with van der Waals surface area (Å²) in [5, 5.41) is 14.3. The molecule has 20 nitrogen and oxygen atoms in total. The third-order valence-electron chi connectivity index (χ3n) is 27.8. The number of hydrogen-bond donors (Lipinski definition) is 0. The number of hydrogen-bond acceptors (Lipinski definition) is 10. The van der Waals surface area contributed by atoms with Crippen LogP contribution in [-0.2, 0) is 52.5 Å². The molecule has 0 saturated carbocycles. The number of rotatable bonds is 11. The fraction of sp³-hybridized carbons (Fsp3) is 0.303. The second-order valence-electron chi connectivity index (χ2n) is 44.8. The molecule has 0 N–H and O–H groups in total. The Morgan fingerprint density at radius 3 is 0.807 bits per heavy atom. The number of furan rings is 5. The molecule has 0 amide bonds. The number of aryl methyl sites for hydroxylation is 13. The molecule has 730 valence electrons. The van der Waals surface area contributed by atoms with Crippen LogP contribution in [0.3, 0.4) is 0 Å². The van der Waals surface area contributed by atoms with Gasteiger partial charge in [0, 0.05) is 84.0 Å². The Hall–Kier alpha value is -15.3. The molecule has 0 atom stereocenters. The largest absolute Gasteiger partial charge is 0.419 e. The Labute approximate surface area is 853 Å². The molecule has 145 heavy (non-hydrogen) atoms. The molecular formula is C122H130N15O5Si3+5. The van der Waals surface area contributed by atoms with Crippen LogP contribution < -0.4 is 38.4 Å². The average Bonchev–Trinajstić information content (AvgIpc) is 1.72. The van der Waals surface area contributed by atoms with Crippen LogP contribution in [0.25, 0.3) is 191 Å². The van der Waals surface area contributed by atoms with Crippen LogP contribution in [0.2, 0.25) is 58.9 Å². The van der Waals surface area contributed by atoms with E-state index in [1.54, 1.807) is 30.3 Å². The molecule has 0 bridgehead atoms. The maximum atomic E-state index is 7.27. The zero-order valence-corrected chi connectivity index (χ0v) is 92.9. The summed E-state index contributed by atoms with van der Waals surface area (Å²) >= 11 is 0. The molecule has 0 radical (unpaired) electrons. The Balaban J connectivity index is 0.000000130. The highest BCUT2D eigenvalue weighted by Crippen LogP contribution is 2.46. The van der Waals surface area contributed by atoms with Crippen LogP contribution in [-0.4, -0.2) is 49.1 Å². The van der Waals surface area contributed by atoms with Crippen molar-refractivity contribution in [3.05, 3.63) is 306 Å². The first kappa shape index (κ1) is 103. The van der Waals surface area contributed by atoms with Crippen molar-refractivity contribution in [2.24, 2.45) is 41.2 Å². The number of pyridine rings is 10. The Morgan fingerprint density at radius 2 is 0.531 bits per heavy atom. The lowest BCUT2D eigenvalue weighted by molar-refractivity contribution is -0.660. The number of aromatic nitrogens is 10. The molecule has 0 fully saturated rings. The first-order valence-corrected chi connectivity index (χ1v) is 60.0. The summed E-state index contributed by atoms with van der Waals surface area (Å²) in [4.78, 5) is 39.0. The van der Waals surface area contributed by atoms with Gasteiger partial charge in [0.1, 0.15) is 35.2 Å². The molecule has 0 aliphatic heterocycles. The summed E-state index contributed by atoms with van der Waals surface area (Å²) < 4.78 is 42.2. The third-order valence-corrected chi connectivity index (χ3v) is 34.0. The average molecular weight is 1970 g/mol. The Morgan fingerprint density at radius 1 is 0.283 bits per heavy atom. The number of fused-ring (bicyclic) bond motifs is 15. The van der Waals surface area contributed by atoms with E-state index in [4.69, 9.17) is 54.9 Å². The quantitative estimate of drug-likeness (QED) is 0.0689. The number of benzene rings is 5. The van der Waals surface area contributed by atoms with Crippen molar-refractivity contribution >= 4 is 179 Å². The van der Waals surface area contributed by atoms with Gasteiger partial charge in [0.2, 0.25) is 28.5 Å².